The topological polar surface area (TPSA) is 204 Å². The zero-order chi connectivity index (χ0) is 43.5. The summed E-state index contributed by atoms with van der Waals surface area (Å²) in [7, 11) is 1.33. The van der Waals surface area contributed by atoms with E-state index in [1.165, 1.54) is 25.3 Å². The second kappa shape index (κ2) is 24.8. The lowest BCUT2D eigenvalue weighted by Crippen LogP contribution is -2.56. The number of aromatic nitrogens is 1. The molecule has 0 radical (unpaired) electrons. The molecule has 4 rings (SSSR count). The molecule has 2 aromatic rings. The van der Waals surface area contributed by atoms with E-state index in [0.29, 0.717) is 88.7 Å². The van der Waals surface area contributed by atoms with Crippen molar-refractivity contribution >= 4 is 41.1 Å². The normalized spacial score (nSPS) is 16.8. The number of likely N-dealkylation sites (tertiary alicyclic amines) is 1. The minimum atomic E-state index is -1.22. The predicted octanol–water partition coefficient (Wildman–Crippen LogP) is 5.07. The van der Waals surface area contributed by atoms with Crippen molar-refractivity contribution in [3.05, 3.63) is 45.9 Å². The van der Waals surface area contributed by atoms with Crippen molar-refractivity contribution in [1.82, 2.24) is 25.4 Å². The monoisotopic (exact) mass is 861 g/mol. The van der Waals surface area contributed by atoms with Gasteiger partial charge in [-0.05, 0) is 71.4 Å². The van der Waals surface area contributed by atoms with Crippen LogP contribution < -0.4 is 15.4 Å². The lowest BCUT2D eigenvalue weighted by Gasteiger charge is -2.35. The van der Waals surface area contributed by atoms with Gasteiger partial charge in [-0.2, -0.15) is 0 Å². The number of hydrogen-bond donors (Lipinski definition) is 3. The number of thiazole rings is 1. The van der Waals surface area contributed by atoms with Gasteiger partial charge in [0.05, 0.1) is 58.9 Å². The second-order valence-corrected chi connectivity index (χ2v) is 16.7. The average molecular weight is 862 g/mol. The van der Waals surface area contributed by atoms with Gasteiger partial charge in [0.15, 0.2) is 0 Å². The number of likely N-dealkylation sites (N-methyl/N-ethyl adjacent to an activating group) is 1. The highest BCUT2D eigenvalue weighted by Gasteiger charge is 2.40. The van der Waals surface area contributed by atoms with Crippen LogP contribution >= 0.6 is 11.3 Å². The SMILES string of the molecule is C[C@@H](C(=O)N[C@H](C(=O)N1CCC[C@H]1c1nc(C(=O)c2cccc(OCCOCCOCCOCCOCCNC(=O)OC(C)(C)C)c2)cs1)C1CCCCC1)N(C)C(=O)O. The van der Waals surface area contributed by atoms with E-state index in [-0.39, 0.29) is 36.0 Å². The molecule has 1 aromatic carbocycles. The van der Waals surface area contributed by atoms with Crippen molar-refractivity contribution in [3.8, 4) is 5.75 Å². The van der Waals surface area contributed by atoms with Gasteiger partial charge in [-0.25, -0.2) is 14.6 Å². The standard InChI is InChI=1S/C42H63N5O12S/c1-29(46(5)41(52)53)37(49)45-35(30-11-7-6-8-12-30)39(50)47-17-10-15-34(47)38-44-33(28-60-38)36(48)31-13-9-14-32(27-31)58-26-25-57-24-23-56-22-21-55-20-19-54-18-16-43-40(51)59-42(2,3)4/h9,13-14,27-30,34-35H,6-8,10-12,15-26H2,1-5H3,(H,43,51)(H,45,49)(H,52,53)/t29-,34-,35-/m0/s1. The number of carboxylic acid groups (broad SMARTS) is 1. The number of benzene rings is 1. The molecule has 4 amide bonds. The van der Waals surface area contributed by atoms with Crippen LogP contribution in [0.4, 0.5) is 9.59 Å². The Kier molecular flexibility index (Phi) is 20.0. The number of rotatable bonds is 24. The van der Waals surface area contributed by atoms with E-state index in [0.717, 1.165) is 43.4 Å². The Morgan fingerprint density at radius 3 is 2.17 bits per heavy atom. The molecular formula is C42H63N5O12S. The Hall–Kier alpha value is -4.36. The number of amides is 4. The molecule has 334 valence electrons. The van der Waals surface area contributed by atoms with E-state index >= 15 is 0 Å². The maximum Gasteiger partial charge on any atom is 0.407 e. The largest absolute Gasteiger partial charge is 0.491 e. The fraction of sp³-hybridized carbons (Fsp3) is 0.667. The smallest absolute Gasteiger partial charge is 0.407 e. The number of carbonyl (C=O) groups excluding carboxylic acids is 4. The molecule has 0 bridgehead atoms. The van der Waals surface area contributed by atoms with Crippen LogP contribution in [-0.4, -0.2) is 147 Å². The van der Waals surface area contributed by atoms with Crippen LogP contribution in [0.5, 0.6) is 5.75 Å². The molecule has 2 aliphatic rings. The van der Waals surface area contributed by atoms with Crippen LogP contribution in [0.2, 0.25) is 0 Å². The summed E-state index contributed by atoms with van der Waals surface area (Å²) in [6.45, 7) is 11.1. The first-order valence-corrected chi connectivity index (χ1v) is 21.7. The maximum atomic E-state index is 14.2. The molecule has 1 aliphatic carbocycles. The van der Waals surface area contributed by atoms with Crippen LogP contribution in [-0.2, 0) is 33.3 Å². The van der Waals surface area contributed by atoms with Crippen LogP contribution in [0.15, 0.2) is 29.6 Å². The molecule has 17 nitrogen and oxygen atoms in total. The molecule has 60 heavy (non-hydrogen) atoms. The molecule has 1 saturated heterocycles. The average Bonchev–Trinajstić information content (AvgIpc) is 3.92. The van der Waals surface area contributed by atoms with E-state index < -0.39 is 35.8 Å². The molecule has 1 aromatic heterocycles. The van der Waals surface area contributed by atoms with Crippen molar-refractivity contribution in [2.75, 3.05) is 79.6 Å². The van der Waals surface area contributed by atoms with E-state index in [1.807, 2.05) is 0 Å². The summed E-state index contributed by atoms with van der Waals surface area (Å²) in [6.07, 6.45) is 4.33. The van der Waals surface area contributed by atoms with Gasteiger partial charge >= 0.3 is 12.2 Å². The predicted molar refractivity (Wildman–Crippen MR) is 222 cm³/mol. The number of ether oxygens (including phenoxy) is 6. The molecule has 0 spiro atoms. The van der Waals surface area contributed by atoms with Gasteiger partial charge in [0.2, 0.25) is 17.6 Å². The fourth-order valence-corrected chi connectivity index (χ4v) is 7.81. The highest BCUT2D eigenvalue weighted by Crippen LogP contribution is 2.37. The van der Waals surface area contributed by atoms with Crippen molar-refractivity contribution in [2.45, 2.75) is 96.4 Å². The summed E-state index contributed by atoms with van der Waals surface area (Å²) in [5.41, 5.74) is 0.157. The van der Waals surface area contributed by atoms with Crippen molar-refractivity contribution in [3.63, 3.8) is 0 Å². The molecule has 2 heterocycles. The number of nitrogens with zero attached hydrogens (tertiary/aromatic N) is 3. The van der Waals surface area contributed by atoms with Crippen molar-refractivity contribution < 1.29 is 57.5 Å². The lowest BCUT2D eigenvalue weighted by atomic mass is 9.83. The van der Waals surface area contributed by atoms with Crippen molar-refractivity contribution in [1.29, 1.82) is 0 Å². The molecule has 18 heteroatoms. The molecule has 1 aliphatic heterocycles. The zero-order valence-electron chi connectivity index (χ0n) is 35.6. The fourth-order valence-electron chi connectivity index (χ4n) is 6.87. The minimum absolute atomic E-state index is 0.0496. The Bertz CT molecular complexity index is 1680. The van der Waals surface area contributed by atoms with Gasteiger partial charge in [0.1, 0.15) is 40.7 Å². The number of alkyl carbamates (subject to hydrolysis) is 1. The first-order valence-electron chi connectivity index (χ1n) is 20.8. The minimum Gasteiger partial charge on any atom is -0.491 e. The summed E-state index contributed by atoms with van der Waals surface area (Å²) < 4.78 is 33.0. The highest BCUT2D eigenvalue weighted by atomic mass is 32.1. The third-order valence-electron chi connectivity index (χ3n) is 10.1. The van der Waals surface area contributed by atoms with Gasteiger partial charge < -0.3 is 49.1 Å². The summed E-state index contributed by atoms with van der Waals surface area (Å²) in [5, 5.41) is 17.3. The van der Waals surface area contributed by atoms with Crippen LogP contribution in [0.1, 0.15) is 99.7 Å². The number of ketones is 1. The highest BCUT2D eigenvalue weighted by molar-refractivity contribution is 7.10. The lowest BCUT2D eigenvalue weighted by molar-refractivity contribution is -0.140. The quantitative estimate of drug-likeness (QED) is 0.0933. The number of carbonyl (C=O) groups is 5. The van der Waals surface area contributed by atoms with Crippen LogP contribution in [0.3, 0.4) is 0 Å². The van der Waals surface area contributed by atoms with E-state index in [1.54, 1.807) is 55.3 Å². The van der Waals surface area contributed by atoms with Crippen molar-refractivity contribution in [2.24, 2.45) is 5.92 Å². The Balaban J connectivity index is 1.15. The molecule has 2 fully saturated rings. The molecule has 3 N–H and O–H groups in total. The van der Waals surface area contributed by atoms with Gasteiger partial charge in [0, 0.05) is 31.1 Å². The summed E-state index contributed by atoms with van der Waals surface area (Å²) in [6, 6.07) is 4.81. The Labute approximate surface area is 356 Å². The Morgan fingerprint density at radius 1 is 0.900 bits per heavy atom. The molecular weight excluding hydrogens is 799 g/mol. The van der Waals surface area contributed by atoms with E-state index in [2.05, 4.69) is 10.6 Å². The third-order valence-corrected chi connectivity index (χ3v) is 11.1. The van der Waals surface area contributed by atoms with Gasteiger partial charge in [-0.15, -0.1) is 11.3 Å². The zero-order valence-corrected chi connectivity index (χ0v) is 36.4. The van der Waals surface area contributed by atoms with Gasteiger partial charge in [-0.1, -0.05) is 31.4 Å². The number of nitrogens with one attached hydrogen (secondary N) is 2. The summed E-state index contributed by atoms with van der Waals surface area (Å²) in [4.78, 5) is 71.5. The number of hydrogen-bond acceptors (Lipinski definition) is 13. The van der Waals surface area contributed by atoms with Crippen LogP contribution in [0, 0.1) is 5.92 Å². The molecule has 1 saturated carbocycles. The molecule has 0 unspecified atom stereocenters. The summed E-state index contributed by atoms with van der Waals surface area (Å²) >= 11 is 1.33. The second-order valence-electron chi connectivity index (χ2n) is 15.8. The van der Waals surface area contributed by atoms with Crippen LogP contribution in [0.25, 0.3) is 0 Å². The first kappa shape index (κ1) is 48.3. The molecule has 3 atom stereocenters. The van der Waals surface area contributed by atoms with E-state index in [9.17, 15) is 29.1 Å². The van der Waals surface area contributed by atoms with Gasteiger partial charge in [0.25, 0.3) is 0 Å². The van der Waals surface area contributed by atoms with Gasteiger partial charge in [-0.3, -0.25) is 19.3 Å². The maximum absolute atomic E-state index is 14.2. The third kappa shape index (κ3) is 15.9. The summed E-state index contributed by atoms with van der Waals surface area (Å²) in [5.74, 6) is -0.497. The van der Waals surface area contributed by atoms with E-state index in [4.69, 9.17) is 33.4 Å². The first-order chi connectivity index (χ1) is 28.7. The Morgan fingerprint density at radius 2 is 1.53 bits per heavy atom.